The first-order valence-electron chi connectivity index (χ1n) is 8.51. The summed E-state index contributed by atoms with van der Waals surface area (Å²) in [6, 6.07) is 7.13. The lowest BCUT2D eigenvalue weighted by Crippen LogP contribution is -2.31. The Kier molecular flexibility index (Phi) is 5.07. The van der Waals surface area contributed by atoms with Gasteiger partial charge in [-0.2, -0.15) is 0 Å². The molecule has 2 heterocycles. The number of nitrogens with zero attached hydrogens (tertiary/aromatic N) is 4. The van der Waals surface area contributed by atoms with E-state index in [0.29, 0.717) is 23.5 Å². The van der Waals surface area contributed by atoms with E-state index in [1.165, 1.54) is 7.11 Å². The second-order valence-corrected chi connectivity index (χ2v) is 6.10. The molecule has 3 rings (SSSR count). The normalized spacial score (nSPS) is 10.7. The first-order valence-corrected chi connectivity index (χ1v) is 8.51. The zero-order chi connectivity index (χ0) is 19.6. The van der Waals surface area contributed by atoms with Crippen LogP contribution in [0.1, 0.15) is 28.5 Å². The molecule has 0 saturated heterocycles. The summed E-state index contributed by atoms with van der Waals surface area (Å²) in [5, 5.41) is 10.4. The molecule has 0 fully saturated rings. The summed E-state index contributed by atoms with van der Waals surface area (Å²) in [5.74, 6) is 0.0136. The summed E-state index contributed by atoms with van der Waals surface area (Å²) >= 11 is 0. The minimum absolute atomic E-state index is 0.124. The lowest BCUT2D eigenvalue weighted by molar-refractivity contribution is 0.102. The molecule has 3 aromatic rings. The molecule has 8 nitrogen and oxygen atoms in total. The number of pyridine rings is 1. The SMILES string of the molecule is CCn1c(C)cc(C)c(C(=O)Nc2cc(-n3cnnc3)ccc2OC)c1=O. The van der Waals surface area contributed by atoms with Crippen molar-refractivity contribution in [1.29, 1.82) is 0 Å². The summed E-state index contributed by atoms with van der Waals surface area (Å²) in [5.41, 5.74) is 2.48. The molecular weight excluding hydrogens is 346 g/mol. The van der Waals surface area contributed by atoms with Gasteiger partial charge in [0.25, 0.3) is 11.5 Å². The lowest BCUT2D eigenvalue weighted by atomic mass is 10.1. The van der Waals surface area contributed by atoms with Crippen LogP contribution in [0.4, 0.5) is 5.69 Å². The summed E-state index contributed by atoms with van der Waals surface area (Å²) in [6.07, 6.45) is 3.11. The number of aromatic nitrogens is 4. The molecule has 2 aromatic heterocycles. The van der Waals surface area contributed by atoms with Crippen LogP contribution >= 0.6 is 0 Å². The molecule has 0 bridgehead atoms. The summed E-state index contributed by atoms with van der Waals surface area (Å²) in [4.78, 5) is 25.6. The van der Waals surface area contributed by atoms with Gasteiger partial charge in [-0.15, -0.1) is 10.2 Å². The highest BCUT2D eigenvalue weighted by molar-refractivity contribution is 6.06. The van der Waals surface area contributed by atoms with E-state index in [2.05, 4.69) is 15.5 Å². The Morgan fingerprint density at radius 1 is 1.19 bits per heavy atom. The number of hydrogen-bond donors (Lipinski definition) is 1. The number of carbonyl (C=O) groups excluding carboxylic acids is 1. The zero-order valence-corrected chi connectivity index (χ0v) is 15.7. The van der Waals surface area contributed by atoms with E-state index < -0.39 is 5.91 Å². The maximum absolute atomic E-state index is 12.9. The van der Waals surface area contributed by atoms with Crippen molar-refractivity contribution in [2.75, 3.05) is 12.4 Å². The van der Waals surface area contributed by atoms with Crippen molar-refractivity contribution in [3.63, 3.8) is 0 Å². The highest BCUT2D eigenvalue weighted by Crippen LogP contribution is 2.27. The van der Waals surface area contributed by atoms with Crippen LogP contribution in [0.3, 0.4) is 0 Å². The number of amides is 1. The van der Waals surface area contributed by atoms with Gasteiger partial charge in [-0.05, 0) is 50.6 Å². The van der Waals surface area contributed by atoms with E-state index in [-0.39, 0.29) is 11.1 Å². The van der Waals surface area contributed by atoms with Gasteiger partial charge in [0, 0.05) is 12.2 Å². The van der Waals surface area contributed by atoms with Crippen LogP contribution < -0.4 is 15.6 Å². The number of anilines is 1. The smallest absolute Gasteiger partial charge is 0.263 e. The summed E-state index contributed by atoms with van der Waals surface area (Å²) < 4.78 is 8.62. The Hall–Kier alpha value is -3.42. The molecule has 0 aliphatic carbocycles. The Morgan fingerprint density at radius 2 is 1.89 bits per heavy atom. The molecule has 1 N–H and O–H groups in total. The highest BCUT2D eigenvalue weighted by Gasteiger charge is 2.19. The van der Waals surface area contributed by atoms with Crippen LogP contribution in [0.2, 0.25) is 0 Å². The first-order chi connectivity index (χ1) is 13.0. The van der Waals surface area contributed by atoms with Gasteiger partial charge in [0.05, 0.1) is 18.5 Å². The molecule has 0 aliphatic rings. The average molecular weight is 367 g/mol. The largest absolute Gasteiger partial charge is 0.495 e. The van der Waals surface area contributed by atoms with Crippen molar-refractivity contribution in [3.8, 4) is 11.4 Å². The number of aryl methyl sites for hydroxylation is 2. The lowest BCUT2D eigenvalue weighted by Gasteiger charge is -2.15. The van der Waals surface area contributed by atoms with Gasteiger partial charge in [-0.1, -0.05) is 0 Å². The van der Waals surface area contributed by atoms with Gasteiger partial charge in [0.15, 0.2) is 0 Å². The second kappa shape index (κ2) is 7.45. The van der Waals surface area contributed by atoms with E-state index in [1.807, 2.05) is 26.0 Å². The van der Waals surface area contributed by atoms with Crippen LogP contribution in [0, 0.1) is 13.8 Å². The molecule has 140 valence electrons. The number of carbonyl (C=O) groups is 1. The van der Waals surface area contributed by atoms with Gasteiger partial charge in [-0.3, -0.25) is 14.2 Å². The third kappa shape index (κ3) is 3.46. The van der Waals surface area contributed by atoms with Gasteiger partial charge >= 0.3 is 0 Å². The Labute approximate surface area is 156 Å². The second-order valence-electron chi connectivity index (χ2n) is 6.10. The minimum atomic E-state index is -0.473. The van der Waals surface area contributed by atoms with Crippen molar-refractivity contribution in [1.82, 2.24) is 19.3 Å². The van der Waals surface area contributed by atoms with E-state index in [4.69, 9.17) is 4.74 Å². The maximum Gasteiger partial charge on any atom is 0.263 e. The zero-order valence-electron chi connectivity index (χ0n) is 15.7. The van der Waals surface area contributed by atoms with E-state index >= 15 is 0 Å². The van der Waals surface area contributed by atoms with Gasteiger partial charge in [0.2, 0.25) is 0 Å². The minimum Gasteiger partial charge on any atom is -0.495 e. The van der Waals surface area contributed by atoms with E-state index in [0.717, 1.165) is 11.4 Å². The van der Waals surface area contributed by atoms with Crippen molar-refractivity contribution < 1.29 is 9.53 Å². The number of benzene rings is 1. The Morgan fingerprint density at radius 3 is 2.52 bits per heavy atom. The third-order valence-electron chi connectivity index (χ3n) is 4.40. The van der Waals surface area contributed by atoms with Crippen molar-refractivity contribution in [3.05, 3.63) is 64.1 Å². The first kappa shape index (κ1) is 18.4. The summed E-state index contributed by atoms with van der Waals surface area (Å²) in [6.45, 7) is 5.98. The molecule has 0 atom stereocenters. The average Bonchev–Trinajstić information content (AvgIpc) is 3.16. The molecule has 27 heavy (non-hydrogen) atoms. The predicted molar refractivity (Wildman–Crippen MR) is 102 cm³/mol. The number of nitrogens with one attached hydrogen (secondary N) is 1. The van der Waals surface area contributed by atoms with Crippen LogP contribution in [0.5, 0.6) is 5.75 Å². The highest BCUT2D eigenvalue weighted by atomic mass is 16.5. The molecule has 0 saturated carbocycles. The topological polar surface area (TPSA) is 91.0 Å². The predicted octanol–water partition coefficient (Wildman–Crippen LogP) is 2.33. The van der Waals surface area contributed by atoms with Crippen LogP contribution in [-0.4, -0.2) is 32.3 Å². The van der Waals surface area contributed by atoms with Crippen LogP contribution in [0.25, 0.3) is 5.69 Å². The van der Waals surface area contributed by atoms with Crippen molar-refractivity contribution in [2.45, 2.75) is 27.3 Å². The van der Waals surface area contributed by atoms with Gasteiger partial charge in [-0.25, -0.2) is 0 Å². The van der Waals surface area contributed by atoms with Gasteiger partial charge < -0.3 is 14.6 Å². The number of hydrogen-bond acceptors (Lipinski definition) is 5. The van der Waals surface area contributed by atoms with Crippen LogP contribution in [-0.2, 0) is 6.54 Å². The molecular formula is C19H21N5O3. The van der Waals surface area contributed by atoms with E-state index in [1.54, 1.807) is 40.8 Å². The standard InChI is InChI=1S/C19H21N5O3/c1-5-24-13(3)8-12(2)17(19(24)26)18(25)22-15-9-14(6-7-16(15)27-4)23-10-20-21-11-23/h6-11H,5H2,1-4H3,(H,22,25). The Balaban J connectivity index is 2.02. The maximum atomic E-state index is 12.9. The van der Waals surface area contributed by atoms with E-state index in [9.17, 15) is 9.59 Å². The fourth-order valence-corrected chi connectivity index (χ4v) is 3.07. The molecule has 0 unspecified atom stereocenters. The monoisotopic (exact) mass is 367 g/mol. The number of methoxy groups -OCH3 is 1. The van der Waals surface area contributed by atoms with Crippen molar-refractivity contribution in [2.24, 2.45) is 0 Å². The molecule has 8 heteroatoms. The third-order valence-corrected chi connectivity index (χ3v) is 4.40. The molecule has 0 aliphatic heterocycles. The van der Waals surface area contributed by atoms with Gasteiger partial charge in [0.1, 0.15) is 24.0 Å². The molecule has 1 amide bonds. The Bertz CT molecular complexity index is 1040. The fourth-order valence-electron chi connectivity index (χ4n) is 3.07. The molecule has 0 spiro atoms. The number of rotatable bonds is 5. The summed E-state index contributed by atoms with van der Waals surface area (Å²) in [7, 11) is 1.52. The quantitative estimate of drug-likeness (QED) is 0.747. The van der Waals surface area contributed by atoms with Crippen molar-refractivity contribution >= 4 is 11.6 Å². The number of ether oxygens (including phenoxy) is 1. The molecule has 0 radical (unpaired) electrons. The fraction of sp³-hybridized carbons (Fsp3) is 0.263. The van der Waals surface area contributed by atoms with Crippen LogP contribution in [0.15, 0.2) is 41.7 Å². The molecule has 1 aromatic carbocycles.